The second-order valence-corrected chi connectivity index (χ2v) is 8.79. The Bertz CT molecular complexity index is 856. The molecule has 1 aromatic carbocycles. The van der Waals surface area contributed by atoms with Crippen LogP contribution in [0, 0.1) is 0 Å². The highest BCUT2D eigenvalue weighted by molar-refractivity contribution is 5.79. The van der Waals surface area contributed by atoms with Crippen molar-refractivity contribution in [1.82, 2.24) is 25.4 Å². The van der Waals surface area contributed by atoms with Crippen molar-refractivity contribution in [2.24, 2.45) is 4.99 Å². The second-order valence-electron chi connectivity index (χ2n) is 8.79. The Morgan fingerprint density at radius 1 is 1.00 bits per heavy atom. The highest BCUT2D eigenvalue weighted by Crippen LogP contribution is 2.24. The van der Waals surface area contributed by atoms with Crippen molar-refractivity contribution in [1.29, 1.82) is 0 Å². The van der Waals surface area contributed by atoms with Crippen LogP contribution in [0.5, 0.6) is 0 Å². The van der Waals surface area contributed by atoms with E-state index in [1.54, 1.807) is 0 Å². The van der Waals surface area contributed by atoms with Gasteiger partial charge in [-0.25, -0.2) is 4.98 Å². The molecule has 0 radical (unpaired) electrons. The number of likely N-dealkylation sites (tertiary alicyclic amines) is 1. The molecule has 0 saturated carbocycles. The van der Waals surface area contributed by atoms with Crippen LogP contribution in [0.2, 0.25) is 0 Å². The summed E-state index contributed by atoms with van der Waals surface area (Å²) in [6.45, 7) is 8.12. The molecule has 7 heteroatoms. The zero-order valence-corrected chi connectivity index (χ0v) is 19.5. The summed E-state index contributed by atoms with van der Waals surface area (Å²) in [5.74, 6) is 1.90. The van der Waals surface area contributed by atoms with Crippen molar-refractivity contribution in [3.05, 3.63) is 59.8 Å². The van der Waals surface area contributed by atoms with Gasteiger partial charge in [-0.05, 0) is 56.2 Å². The lowest BCUT2D eigenvalue weighted by Crippen LogP contribution is -2.45. The number of anilines is 1. The minimum absolute atomic E-state index is 0.363. The number of rotatable bonds is 7. The lowest BCUT2D eigenvalue weighted by Gasteiger charge is -2.33. The highest BCUT2D eigenvalue weighted by Gasteiger charge is 2.23. The minimum Gasteiger partial charge on any atom is -0.354 e. The van der Waals surface area contributed by atoms with E-state index in [1.165, 1.54) is 37.1 Å². The number of aromatic nitrogens is 1. The fourth-order valence-electron chi connectivity index (χ4n) is 4.56. The predicted molar refractivity (Wildman–Crippen MR) is 132 cm³/mol. The normalized spacial score (nSPS) is 19.2. The van der Waals surface area contributed by atoms with Gasteiger partial charge in [0, 0.05) is 52.5 Å². The third-order valence-corrected chi connectivity index (χ3v) is 6.55. The van der Waals surface area contributed by atoms with E-state index in [-0.39, 0.29) is 0 Å². The number of guanidine groups is 1. The first-order chi connectivity index (χ1) is 15.7. The van der Waals surface area contributed by atoms with Crippen LogP contribution in [0.1, 0.15) is 30.0 Å². The van der Waals surface area contributed by atoms with E-state index in [0.29, 0.717) is 6.04 Å². The van der Waals surface area contributed by atoms with Crippen molar-refractivity contribution in [3.63, 3.8) is 0 Å². The van der Waals surface area contributed by atoms with Gasteiger partial charge in [0.1, 0.15) is 5.82 Å². The summed E-state index contributed by atoms with van der Waals surface area (Å²) in [6, 6.07) is 15.5. The molecule has 2 aliphatic heterocycles. The van der Waals surface area contributed by atoms with Crippen molar-refractivity contribution >= 4 is 11.8 Å². The Kier molecular flexibility index (Phi) is 7.96. The first kappa shape index (κ1) is 22.6. The molecule has 32 heavy (non-hydrogen) atoms. The molecular formula is C25H37N7. The molecule has 172 valence electrons. The molecule has 2 aliphatic rings. The molecule has 1 unspecified atom stereocenters. The van der Waals surface area contributed by atoms with Crippen molar-refractivity contribution in [2.75, 3.05) is 64.8 Å². The molecule has 0 bridgehead atoms. The zero-order valence-electron chi connectivity index (χ0n) is 19.5. The van der Waals surface area contributed by atoms with Gasteiger partial charge >= 0.3 is 0 Å². The number of nitrogens with zero attached hydrogens (tertiary/aromatic N) is 5. The summed E-state index contributed by atoms with van der Waals surface area (Å²) in [5.41, 5.74) is 2.58. The molecule has 2 fully saturated rings. The third-order valence-electron chi connectivity index (χ3n) is 6.55. The number of hydrogen-bond donors (Lipinski definition) is 2. The fraction of sp³-hybridized carbons (Fsp3) is 0.520. The summed E-state index contributed by atoms with van der Waals surface area (Å²) in [6.07, 6.45) is 4.49. The quantitative estimate of drug-likeness (QED) is 0.514. The molecule has 2 aromatic rings. The maximum Gasteiger partial charge on any atom is 0.191 e. The van der Waals surface area contributed by atoms with Crippen molar-refractivity contribution in [3.8, 4) is 0 Å². The van der Waals surface area contributed by atoms with Crippen LogP contribution in [0.15, 0.2) is 53.7 Å². The summed E-state index contributed by atoms with van der Waals surface area (Å²) >= 11 is 0. The van der Waals surface area contributed by atoms with E-state index < -0.39 is 0 Å². The number of piperazine rings is 1. The Hall–Kier alpha value is -2.64. The van der Waals surface area contributed by atoms with Gasteiger partial charge < -0.3 is 20.4 Å². The average Bonchev–Trinajstić information content (AvgIpc) is 3.37. The van der Waals surface area contributed by atoms with Crippen molar-refractivity contribution in [2.45, 2.75) is 25.4 Å². The molecule has 7 nitrogen and oxygen atoms in total. The number of nitrogens with one attached hydrogen (secondary N) is 2. The molecule has 3 heterocycles. The molecular weight excluding hydrogens is 398 g/mol. The van der Waals surface area contributed by atoms with Gasteiger partial charge in [0.05, 0.1) is 6.04 Å². The molecule has 1 atom stereocenters. The average molecular weight is 436 g/mol. The van der Waals surface area contributed by atoms with Crippen LogP contribution >= 0.6 is 0 Å². The summed E-state index contributed by atoms with van der Waals surface area (Å²) in [7, 11) is 4.01. The van der Waals surface area contributed by atoms with E-state index in [2.05, 4.69) is 84.8 Å². The Labute approximate surface area is 192 Å². The molecule has 1 aromatic heterocycles. The first-order valence-corrected chi connectivity index (χ1v) is 11.8. The van der Waals surface area contributed by atoms with E-state index in [9.17, 15) is 0 Å². The Morgan fingerprint density at radius 2 is 1.75 bits per heavy atom. The van der Waals surface area contributed by atoms with Gasteiger partial charge in [0.2, 0.25) is 0 Å². The number of benzene rings is 1. The maximum atomic E-state index is 4.60. The molecule has 2 N–H and O–H groups in total. The van der Waals surface area contributed by atoms with Crippen molar-refractivity contribution < 1.29 is 0 Å². The smallest absolute Gasteiger partial charge is 0.191 e. The second kappa shape index (κ2) is 11.3. The van der Waals surface area contributed by atoms with Crippen LogP contribution in [0.4, 0.5) is 5.82 Å². The highest BCUT2D eigenvalue weighted by atomic mass is 15.3. The standard InChI is InChI=1S/C25H37N7/c1-26-25(29-20-23(31-12-6-7-13-31)22-8-4-3-5-9-22)28-19-21-10-11-27-24(18-21)32-16-14-30(2)15-17-32/h3-5,8-11,18,23H,6-7,12-17,19-20H2,1-2H3,(H2,26,28,29). The van der Waals surface area contributed by atoms with E-state index >= 15 is 0 Å². The zero-order chi connectivity index (χ0) is 22.2. The minimum atomic E-state index is 0.363. The number of likely N-dealkylation sites (N-methyl/N-ethyl adjacent to an activating group) is 1. The number of aliphatic imine (C=N–C) groups is 1. The van der Waals surface area contributed by atoms with E-state index in [0.717, 1.165) is 51.0 Å². The molecule has 0 aliphatic carbocycles. The summed E-state index contributed by atoms with van der Waals surface area (Å²) in [5, 5.41) is 7.05. The Morgan fingerprint density at radius 3 is 2.47 bits per heavy atom. The Balaban J connectivity index is 1.33. The number of hydrogen-bond acceptors (Lipinski definition) is 5. The van der Waals surface area contributed by atoms with Gasteiger partial charge in [0.15, 0.2) is 5.96 Å². The van der Waals surface area contributed by atoms with Crippen LogP contribution < -0.4 is 15.5 Å². The first-order valence-electron chi connectivity index (χ1n) is 11.8. The van der Waals surface area contributed by atoms with Gasteiger partial charge in [-0.1, -0.05) is 30.3 Å². The topological polar surface area (TPSA) is 59.0 Å². The molecule has 2 saturated heterocycles. The van der Waals surface area contributed by atoms with E-state index in [4.69, 9.17) is 0 Å². The molecule has 4 rings (SSSR count). The molecule has 0 amide bonds. The third kappa shape index (κ3) is 5.99. The monoisotopic (exact) mass is 435 g/mol. The molecule has 0 spiro atoms. The lowest BCUT2D eigenvalue weighted by atomic mass is 10.1. The van der Waals surface area contributed by atoms with Gasteiger partial charge in [-0.15, -0.1) is 0 Å². The summed E-state index contributed by atoms with van der Waals surface area (Å²) in [4.78, 5) is 16.4. The van der Waals surface area contributed by atoms with Gasteiger partial charge in [-0.2, -0.15) is 0 Å². The number of pyridine rings is 1. The van der Waals surface area contributed by atoms with Crippen LogP contribution in [-0.4, -0.2) is 80.7 Å². The largest absolute Gasteiger partial charge is 0.354 e. The predicted octanol–water partition coefficient (Wildman–Crippen LogP) is 2.34. The SMILES string of the molecule is CN=C(NCc1ccnc(N2CCN(C)CC2)c1)NCC(c1ccccc1)N1CCCC1. The van der Waals surface area contributed by atoms with Gasteiger partial charge in [0.25, 0.3) is 0 Å². The maximum absolute atomic E-state index is 4.60. The van der Waals surface area contributed by atoms with Gasteiger partial charge in [-0.3, -0.25) is 9.89 Å². The fourth-order valence-corrected chi connectivity index (χ4v) is 4.56. The van der Waals surface area contributed by atoms with Crippen LogP contribution in [0.25, 0.3) is 0 Å². The summed E-state index contributed by atoms with van der Waals surface area (Å²) < 4.78 is 0. The van der Waals surface area contributed by atoms with Crippen LogP contribution in [-0.2, 0) is 6.54 Å². The lowest BCUT2D eigenvalue weighted by molar-refractivity contribution is 0.245. The van der Waals surface area contributed by atoms with E-state index in [1.807, 2.05) is 13.2 Å². The van der Waals surface area contributed by atoms with Crippen LogP contribution in [0.3, 0.4) is 0 Å².